The molecule has 1 fully saturated rings. The molecule has 0 amide bonds. The third-order valence-corrected chi connectivity index (χ3v) is 5.40. The van der Waals surface area contributed by atoms with Gasteiger partial charge in [0.2, 0.25) is 10.0 Å². The maximum atomic E-state index is 12.4. The zero-order chi connectivity index (χ0) is 13.9. The van der Waals surface area contributed by atoms with E-state index in [1.165, 1.54) is 0 Å². The van der Waals surface area contributed by atoms with Crippen molar-refractivity contribution >= 4 is 10.0 Å². The molecule has 1 aromatic carbocycles. The summed E-state index contributed by atoms with van der Waals surface area (Å²) in [6.07, 6.45) is 2.33. The van der Waals surface area contributed by atoms with Crippen LogP contribution in [0.4, 0.5) is 0 Å². The van der Waals surface area contributed by atoms with Gasteiger partial charge in [-0.1, -0.05) is 31.2 Å². The van der Waals surface area contributed by atoms with Crippen LogP contribution < -0.4 is 5.73 Å². The summed E-state index contributed by atoms with van der Waals surface area (Å²) in [7, 11) is -3.20. The van der Waals surface area contributed by atoms with Crippen molar-refractivity contribution in [1.29, 1.82) is 0 Å². The van der Waals surface area contributed by atoms with E-state index in [-0.39, 0.29) is 5.75 Å². The first-order valence-electron chi connectivity index (χ1n) is 6.81. The van der Waals surface area contributed by atoms with Gasteiger partial charge in [0.05, 0.1) is 5.75 Å². The van der Waals surface area contributed by atoms with Crippen LogP contribution in [0.2, 0.25) is 0 Å². The Bertz CT molecular complexity index is 507. The SMILES string of the molecule is CCN(CC1CC1)S(=O)(=O)Cc1ccc(CN)cc1. The Balaban J connectivity index is 2.05. The molecule has 0 bridgehead atoms. The van der Waals surface area contributed by atoms with E-state index in [2.05, 4.69) is 0 Å². The molecule has 1 saturated carbocycles. The summed E-state index contributed by atoms with van der Waals surface area (Å²) in [6, 6.07) is 7.49. The van der Waals surface area contributed by atoms with Crippen LogP contribution in [0.15, 0.2) is 24.3 Å². The summed E-state index contributed by atoms with van der Waals surface area (Å²) >= 11 is 0. The number of hydrogen-bond acceptors (Lipinski definition) is 3. The van der Waals surface area contributed by atoms with Crippen molar-refractivity contribution in [3.05, 3.63) is 35.4 Å². The van der Waals surface area contributed by atoms with E-state index in [0.29, 0.717) is 25.6 Å². The Labute approximate surface area is 115 Å². The third kappa shape index (κ3) is 4.03. The van der Waals surface area contributed by atoms with Crippen molar-refractivity contribution in [1.82, 2.24) is 4.31 Å². The van der Waals surface area contributed by atoms with E-state index < -0.39 is 10.0 Å². The normalized spacial score (nSPS) is 15.9. The highest BCUT2D eigenvalue weighted by Gasteiger charge is 2.29. The summed E-state index contributed by atoms with van der Waals surface area (Å²) in [6.45, 7) is 3.62. The topological polar surface area (TPSA) is 63.4 Å². The minimum absolute atomic E-state index is 0.0818. The summed E-state index contributed by atoms with van der Waals surface area (Å²) in [5.74, 6) is 0.660. The maximum absolute atomic E-state index is 12.4. The van der Waals surface area contributed by atoms with Crippen LogP contribution in [0.5, 0.6) is 0 Å². The lowest BCUT2D eigenvalue weighted by Gasteiger charge is -2.20. The van der Waals surface area contributed by atoms with Crippen molar-refractivity contribution in [2.45, 2.75) is 32.1 Å². The standard InChI is InChI=1S/C14H22N2O2S/c1-2-16(10-13-5-6-13)19(17,18)11-14-7-3-12(9-15)4-8-14/h3-4,7-8,13H,2,5-6,9-11,15H2,1H3. The van der Waals surface area contributed by atoms with Crippen LogP contribution in [-0.4, -0.2) is 25.8 Å². The predicted octanol–water partition coefficient (Wildman–Crippen LogP) is 1.71. The van der Waals surface area contributed by atoms with Crippen molar-refractivity contribution in [3.63, 3.8) is 0 Å². The van der Waals surface area contributed by atoms with Gasteiger partial charge in [-0.2, -0.15) is 0 Å². The first-order valence-corrected chi connectivity index (χ1v) is 8.41. The average Bonchev–Trinajstić information content (AvgIpc) is 3.20. The molecule has 0 aliphatic heterocycles. The van der Waals surface area contributed by atoms with Crippen molar-refractivity contribution in [3.8, 4) is 0 Å². The number of benzene rings is 1. The first kappa shape index (κ1) is 14.5. The molecule has 4 nitrogen and oxygen atoms in total. The van der Waals surface area contributed by atoms with Gasteiger partial charge in [0.25, 0.3) is 0 Å². The highest BCUT2D eigenvalue weighted by Crippen LogP contribution is 2.30. The van der Waals surface area contributed by atoms with Gasteiger partial charge in [0.15, 0.2) is 0 Å². The molecule has 0 aromatic heterocycles. The quantitative estimate of drug-likeness (QED) is 0.828. The molecule has 1 aliphatic rings. The highest BCUT2D eigenvalue weighted by atomic mass is 32.2. The van der Waals surface area contributed by atoms with Crippen LogP contribution in [0.3, 0.4) is 0 Å². The van der Waals surface area contributed by atoms with Crippen LogP contribution in [0, 0.1) is 5.92 Å². The number of nitrogens with zero attached hydrogens (tertiary/aromatic N) is 1. The van der Waals surface area contributed by atoms with Gasteiger partial charge >= 0.3 is 0 Å². The summed E-state index contributed by atoms with van der Waals surface area (Å²) in [4.78, 5) is 0. The predicted molar refractivity (Wildman–Crippen MR) is 76.9 cm³/mol. The molecule has 1 aliphatic carbocycles. The molecule has 5 heteroatoms. The smallest absolute Gasteiger partial charge is 0.218 e. The number of rotatable bonds is 7. The molecule has 1 aromatic rings. The molecule has 0 radical (unpaired) electrons. The van der Waals surface area contributed by atoms with Crippen LogP contribution in [-0.2, 0) is 22.3 Å². The van der Waals surface area contributed by atoms with Gasteiger partial charge < -0.3 is 5.73 Å². The van der Waals surface area contributed by atoms with E-state index in [0.717, 1.165) is 24.0 Å². The van der Waals surface area contributed by atoms with Crippen LogP contribution >= 0.6 is 0 Å². The summed E-state index contributed by atoms with van der Waals surface area (Å²) in [5.41, 5.74) is 7.38. The zero-order valence-corrected chi connectivity index (χ0v) is 12.2. The Morgan fingerprint density at radius 2 is 1.79 bits per heavy atom. The lowest BCUT2D eigenvalue weighted by molar-refractivity contribution is 0.411. The molecule has 0 atom stereocenters. The minimum atomic E-state index is -3.20. The average molecular weight is 282 g/mol. The zero-order valence-electron chi connectivity index (χ0n) is 11.4. The van der Waals surface area contributed by atoms with E-state index in [1.807, 2.05) is 31.2 Å². The van der Waals surface area contributed by atoms with E-state index in [9.17, 15) is 8.42 Å². The second-order valence-corrected chi connectivity index (χ2v) is 7.14. The molecule has 0 spiro atoms. The molecule has 0 unspecified atom stereocenters. The lowest BCUT2D eigenvalue weighted by Crippen LogP contribution is -2.33. The molecular formula is C14H22N2O2S. The largest absolute Gasteiger partial charge is 0.326 e. The van der Waals surface area contributed by atoms with E-state index >= 15 is 0 Å². The third-order valence-electron chi connectivity index (χ3n) is 3.51. The molecule has 0 heterocycles. The minimum Gasteiger partial charge on any atom is -0.326 e. The van der Waals surface area contributed by atoms with Gasteiger partial charge in [-0.25, -0.2) is 12.7 Å². The number of sulfonamides is 1. The van der Waals surface area contributed by atoms with E-state index in [1.54, 1.807) is 4.31 Å². The summed E-state index contributed by atoms with van der Waals surface area (Å²) in [5, 5.41) is 0. The molecule has 0 saturated heterocycles. The van der Waals surface area contributed by atoms with Gasteiger partial charge in [0, 0.05) is 19.6 Å². The second-order valence-electron chi connectivity index (χ2n) is 5.17. The second kappa shape index (κ2) is 6.03. The highest BCUT2D eigenvalue weighted by molar-refractivity contribution is 7.88. The number of hydrogen-bond donors (Lipinski definition) is 1. The molecular weight excluding hydrogens is 260 g/mol. The Hall–Kier alpha value is -0.910. The van der Waals surface area contributed by atoms with E-state index in [4.69, 9.17) is 5.73 Å². The Morgan fingerprint density at radius 3 is 2.26 bits per heavy atom. The fourth-order valence-corrected chi connectivity index (χ4v) is 3.73. The van der Waals surface area contributed by atoms with Gasteiger partial charge in [0.1, 0.15) is 0 Å². The van der Waals surface area contributed by atoms with Crippen molar-refractivity contribution < 1.29 is 8.42 Å². The Kier molecular flexibility index (Phi) is 4.60. The monoisotopic (exact) mass is 282 g/mol. The molecule has 106 valence electrons. The van der Waals surface area contributed by atoms with Crippen LogP contribution in [0.25, 0.3) is 0 Å². The maximum Gasteiger partial charge on any atom is 0.218 e. The fourth-order valence-electron chi connectivity index (χ4n) is 2.10. The summed E-state index contributed by atoms with van der Waals surface area (Å²) < 4.78 is 26.3. The molecule has 2 rings (SSSR count). The van der Waals surface area contributed by atoms with Crippen molar-refractivity contribution in [2.75, 3.05) is 13.1 Å². The number of nitrogens with two attached hydrogens (primary N) is 1. The molecule has 19 heavy (non-hydrogen) atoms. The van der Waals surface area contributed by atoms with Gasteiger partial charge in [-0.05, 0) is 29.9 Å². The lowest BCUT2D eigenvalue weighted by atomic mass is 10.1. The van der Waals surface area contributed by atoms with Gasteiger partial charge in [-0.15, -0.1) is 0 Å². The Morgan fingerprint density at radius 1 is 1.21 bits per heavy atom. The molecule has 2 N–H and O–H groups in total. The van der Waals surface area contributed by atoms with Crippen LogP contribution in [0.1, 0.15) is 30.9 Å². The fraction of sp³-hybridized carbons (Fsp3) is 0.571. The van der Waals surface area contributed by atoms with Crippen molar-refractivity contribution in [2.24, 2.45) is 11.7 Å². The van der Waals surface area contributed by atoms with Gasteiger partial charge in [-0.3, -0.25) is 0 Å². The first-order chi connectivity index (χ1) is 9.05.